The molecule has 1 amide bonds. The molecule has 0 spiro atoms. The number of hydrogen-bond donors (Lipinski definition) is 2. The van der Waals surface area contributed by atoms with Crippen molar-refractivity contribution in [2.24, 2.45) is 0 Å². The minimum atomic E-state index is -4.72. The van der Waals surface area contributed by atoms with Crippen LogP contribution in [0.15, 0.2) is 42.7 Å². The van der Waals surface area contributed by atoms with E-state index in [-0.39, 0.29) is 23.3 Å². The van der Waals surface area contributed by atoms with Crippen molar-refractivity contribution in [2.45, 2.75) is 65.0 Å². The van der Waals surface area contributed by atoms with E-state index in [2.05, 4.69) is 15.3 Å². The smallest absolute Gasteiger partial charge is 0.374 e. The van der Waals surface area contributed by atoms with E-state index >= 15 is 0 Å². The van der Waals surface area contributed by atoms with E-state index in [4.69, 9.17) is 0 Å². The van der Waals surface area contributed by atoms with Crippen LogP contribution in [-0.4, -0.2) is 44.3 Å². The van der Waals surface area contributed by atoms with Crippen LogP contribution >= 0.6 is 0 Å². The van der Waals surface area contributed by atoms with E-state index in [1.54, 1.807) is 6.92 Å². The predicted molar refractivity (Wildman–Crippen MR) is 149 cm³/mol. The van der Waals surface area contributed by atoms with Gasteiger partial charge in [0.2, 0.25) is 0 Å². The molecule has 0 unspecified atom stereocenters. The van der Waals surface area contributed by atoms with Crippen LogP contribution in [0.4, 0.5) is 40.8 Å². The van der Waals surface area contributed by atoms with Crippen LogP contribution in [0.2, 0.25) is 0 Å². The quantitative estimate of drug-likeness (QED) is 0.192. The SMILES string of the molecule is CC[C@@H](Nc1cc(F)c(C(=O)N[C@@H](Cc2ccc(-c3nc(C)c(C)cc3C(F)(F)F)c3nccn23)C(C)=O)c(F)c1)C(F)(F)F. The highest BCUT2D eigenvalue weighted by atomic mass is 19.4. The fourth-order valence-corrected chi connectivity index (χ4v) is 4.77. The van der Waals surface area contributed by atoms with Gasteiger partial charge in [-0.25, -0.2) is 13.8 Å². The Morgan fingerprint density at radius 1 is 1.00 bits per heavy atom. The molecule has 0 saturated carbocycles. The third kappa shape index (κ3) is 7.07. The summed E-state index contributed by atoms with van der Waals surface area (Å²) in [5.74, 6) is -4.88. The van der Waals surface area contributed by atoms with E-state index in [1.807, 2.05) is 5.32 Å². The molecule has 0 aliphatic carbocycles. The van der Waals surface area contributed by atoms with Gasteiger partial charge in [0.1, 0.15) is 28.9 Å². The maximum absolute atomic E-state index is 14.8. The number of aryl methyl sites for hydroxylation is 2. The van der Waals surface area contributed by atoms with Gasteiger partial charge in [0.05, 0.1) is 17.3 Å². The number of aromatic nitrogens is 3. The van der Waals surface area contributed by atoms with Crippen molar-refractivity contribution in [3.8, 4) is 11.3 Å². The maximum atomic E-state index is 14.8. The van der Waals surface area contributed by atoms with Crippen LogP contribution in [-0.2, 0) is 17.4 Å². The lowest BCUT2D eigenvalue weighted by Gasteiger charge is -2.22. The van der Waals surface area contributed by atoms with Crippen LogP contribution in [0.3, 0.4) is 0 Å². The van der Waals surface area contributed by atoms with Gasteiger partial charge < -0.3 is 15.0 Å². The minimum Gasteiger partial charge on any atom is -0.374 e. The van der Waals surface area contributed by atoms with Crippen molar-refractivity contribution >= 4 is 23.0 Å². The van der Waals surface area contributed by atoms with Crippen molar-refractivity contribution in [3.63, 3.8) is 0 Å². The first-order valence-electron chi connectivity index (χ1n) is 13.6. The van der Waals surface area contributed by atoms with Crippen molar-refractivity contribution in [3.05, 3.63) is 82.4 Å². The summed E-state index contributed by atoms with van der Waals surface area (Å²) in [4.78, 5) is 33.7. The average molecular weight is 642 g/mol. The zero-order valence-corrected chi connectivity index (χ0v) is 24.3. The van der Waals surface area contributed by atoms with Gasteiger partial charge in [-0.2, -0.15) is 26.3 Å². The summed E-state index contributed by atoms with van der Waals surface area (Å²) in [7, 11) is 0. The molecule has 4 rings (SSSR count). The van der Waals surface area contributed by atoms with Gasteiger partial charge in [-0.05, 0) is 63.1 Å². The number of imidazole rings is 1. The molecule has 15 heteroatoms. The number of carbonyl (C=O) groups is 2. The van der Waals surface area contributed by atoms with E-state index in [0.717, 1.165) is 13.0 Å². The largest absolute Gasteiger partial charge is 0.418 e. The Morgan fingerprint density at radius 2 is 1.64 bits per heavy atom. The molecule has 7 nitrogen and oxygen atoms in total. The molecular weight excluding hydrogens is 614 g/mol. The molecule has 0 saturated heterocycles. The summed E-state index contributed by atoms with van der Waals surface area (Å²) in [6.07, 6.45) is -7.35. The molecule has 2 atom stereocenters. The molecule has 4 aromatic rings. The first-order valence-corrected chi connectivity index (χ1v) is 13.6. The fourth-order valence-electron chi connectivity index (χ4n) is 4.77. The van der Waals surface area contributed by atoms with Gasteiger partial charge in [0.15, 0.2) is 5.78 Å². The Balaban J connectivity index is 1.64. The van der Waals surface area contributed by atoms with Gasteiger partial charge in [-0.1, -0.05) is 6.92 Å². The number of pyridine rings is 2. The second-order valence-electron chi connectivity index (χ2n) is 10.4. The number of hydrogen-bond acceptors (Lipinski definition) is 5. The number of benzene rings is 1. The second kappa shape index (κ2) is 12.4. The number of rotatable bonds is 9. The summed E-state index contributed by atoms with van der Waals surface area (Å²) in [5, 5.41) is 4.23. The number of amides is 1. The molecule has 2 N–H and O–H groups in total. The lowest BCUT2D eigenvalue weighted by Crippen LogP contribution is -2.42. The third-order valence-corrected chi connectivity index (χ3v) is 7.28. The Labute approximate surface area is 251 Å². The third-order valence-electron chi connectivity index (χ3n) is 7.28. The number of fused-ring (bicyclic) bond motifs is 1. The molecule has 1 aromatic carbocycles. The van der Waals surface area contributed by atoms with Crippen LogP contribution < -0.4 is 10.6 Å². The summed E-state index contributed by atoms with van der Waals surface area (Å²) >= 11 is 0. The predicted octanol–water partition coefficient (Wildman–Crippen LogP) is 6.99. The first kappa shape index (κ1) is 33.3. The van der Waals surface area contributed by atoms with Crippen LogP contribution in [0.5, 0.6) is 0 Å². The highest BCUT2D eigenvalue weighted by Crippen LogP contribution is 2.38. The fraction of sp³-hybridized carbons (Fsp3) is 0.333. The Kier molecular flexibility index (Phi) is 9.22. The maximum Gasteiger partial charge on any atom is 0.418 e. The molecule has 3 aromatic heterocycles. The van der Waals surface area contributed by atoms with E-state index < -0.39 is 71.0 Å². The molecular formula is C30H27F8N5O2. The lowest BCUT2D eigenvalue weighted by atomic mass is 10.0. The minimum absolute atomic E-state index is 0.0521. The molecule has 3 heterocycles. The van der Waals surface area contributed by atoms with Crippen molar-refractivity contribution in [1.29, 1.82) is 0 Å². The topological polar surface area (TPSA) is 88.4 Å². The molecule has 0 radical (unpaired) electrons. The number of anilines is 1. The summed E-state index contributed by atoms with van der Waals surface area (Å²) in [6.45, 7) is 5.41. The molecule has 240 valence electrons. The Hall–Kier alpha value is -4.56. The normalized spacial score (nSPS) is 13.5. The number of Topliss-reactive ketones (excluding diaryl/α,β-unsaturated/α-hetero) is 1. The standard InChI is InChI=1S/C30H27F8N5O2/c1-5-24(30(36,37)38)41-17-11-21(31)25(22(32)12-17)28(45)42-23(16(4)44)13-18-6-7-19(27-39-8-9-43(18)27)26-20(29(33,34)35)10-14(2)15(3)40-26/h6-12,23-24,41H,5,13H2,1-4H3,(H,42,45)/t23-,24+/m0/s1. The Morgan fingerprint density at radius 3 is 2.20 bits per heavy atom. The number of ketones is 1. The zero-order chi connectivity index (χ0) is 33.4. The molecule has 45 heavy (non-hydrogen) atoms. The number of nitrogens with one attached hydrogen (secondary N) is 2. The summed E-state index contributed by atoms with van der Waals surface area (Å²) in [5.41, 5.74) is -1.82. The van der Waals surface area contributed by atoms with Crippen LogP contribution in [0.1, 0.15) is 53.1 Å². The van der Waals surface area contributed by atoms with Crippen molar-refractivity contribution in [1.82, 2.24) is 19.7 Å². The number of nitrogens with zero attached hydrogens (tertiary/aromatic N) is 3. The highest BCUT2D eigenvalue weighted by Gasteiger charge is 2.39. The molecule has 0 aliphatic heterocycles. The van der Waals surface area contributed by atoms with Gasteiger partial charge in [0.25, 0.3) is 5.91 Å². The van der Waals surface area contributed by atoms with Gasteiger partial charge >= 0.3 is 12.4 Å². The number of alkyl halides is 6. The second-order valence-corrected chi connectivity index (χ2v) is 10.4. The van der Waals surface area contributed by atoms with E-state index in [1.165, 1.54) is 42.8 Å². The zero-order valence-electron chi connectivity index (χ0n) is 24.3. The molecule has 0 aliphatic rings. The number of halogens is 8. The van der Waals surface area contributed by atoms with Crippen molar-refractivity contribution in [2.75, 3.05) is 5.32 Å². The number of carbonyl (C=O) groups excluding carboxylic acids is 2. The van der Waals surface area contributed by atoms with Gasteiger partial charge in [-0.3, -0.25) is 14.6 Å². The van der Waals surface area contributed by atoms with Gasteiger partial charge in [-0.15, -0.1) is 0 Å². The van der Waals surface area contributed by atoms with E-state index in [9.17, 15) is 44.7 Å². The van der Waals surface area contributed by atoms with Crippen LogP contribution in [0, 0.1) is 25.5 Å². The highest BCUT2D eigenvalue weighted by molar-refractivity contribution is 5.98. The summed E-state index contributed by atoms with van der Waals surface area (Å²) < 4.78 is 112. The molecule has 0 bridgehead atoms. The van der Waals surface area contributed by atoms with E-state index in [0.29, 0.717) is 29.1 Å². The summed E-state index contributed by atoms with van der Waals surface area (Å²) in [6, 6.07) is 1.39. The average Bonchev–Trinajstić information content (AvgIpc) is 3.41. The lowest BCUT2D eigenvalue weighted by molar-refractivity contribution is -0.143. The van der Waals surface area contributed by atoms with Crippen LogP contribution in [0.25, 0.3) is 16.9 Å². The van der Waals surface area contributed by atoms with Gasteiger partial charge in [0, 0.05) is 41.5 Å². The Bertz CT molecular complexity index is 1740. The first-order chi connectivity index (χ1) is 20.9. The van der Waals surface area contributed by atoms with Crippen molar-refractivity contribution < 1.29 is 44.7 Å². The monoisotopic (exact) mass is 641 g/mol. The molecule has 0 fully saturated rings.